The number of rotatable bonds is 5. The molecule has 0 radical (unpaired) electrons. The number of carbonyl (C=O) groups excluding carboxylic acids is 1. The number of aryl methyl sites for hydroxylation is 1. The van der Waals surface area contributed by atoms with Crippen LogP contribution in [0.1, 0.15) is 19.5 Å². The van der Waals surface area contributed by atoms with Gasteiger partial charge >= 0.3 is 0 Å². The Morgan fingerprint density at radius 2 is 2.00 bits per heavy atom. The topological polar surface area (TPSA) is 82.5 Å². The fraction of sp³-hybridized carbons (Fsp3) is 0.389. The van der Waals surface area contributed by atoms with Gasteiger partial charge in [0.25, 0.3) is 11.5 Å². The molecule has 1 aromatic heterocycles. The van der Waals surface area contributed by atoms with Gasteiger partial charge in [-0.05, 0) is 25.5 Å². The lowest BCUT2D eigenvalue weighted by Crippen LogP contribution is -2.49. The predicted molar refractivity (Wildman–Crippen MR) is 91.8 cm³/mol. The maximum Gasteiger partial charge on any atom is 0.265 e. The Morgan fingerprint density at radius 3 is 2.68 bits per heavy atom. The van der Waals surface area contributed by atoms with E-state index in [2.05, 4.69) is 10.3 Å². The molecule has 7 heteroatoms. The summed E-state index contributed by atoms with van der Waals surface area (Å²) < 4.78 is 12.9. The lowest BCUT2D eigenvalue weighted by Gasteiger charge is -2.31. The summed E-state index contributed by atoms with van der Waals surface area (Å²) in [5.74, 6) is 0.914. The number of carbonyl (C=O) groups is 1. The summed E-state index contributed by atoms with van der Waals surface area (Å²) in [5, 5.41) is 2.79. The monoisotopic (exact) mass is 343 g/mol. The van der Waals surface area contributed by atoms with Gasteiger partial charge in [-0.25, -0.2) is 4.98 Å². The third-order valence-electron chi connectivity index (χ3n) is 4.05. The second-order valence-corrected chi connectivity index (χ2v) is 5.86. The van der Waals surface area contributed by atoms with Crippen LogP contribution in [0.2, 0.25) is 0 Å². The molecule has 2 heterocycles. The van der Waals surface area contributed by atoms with E-state index in [4.69, 9.17) is 9.47 Å². The van der Waals surface area contributed by atoms with E-state index in [0.717, 1.165) is 5.69 Å². The number of nitrogens with zero attached hydrogens (tertiary/aromatic N) is 2. The summed E-state index contributed by atoms with van der Waals surface area (Å²) in [6.45, 7) is 4.39. The summed E-state index contributed by atoms with van der Waals surface area (Å²) in [6.07, 6.45) is 1.09. The number of para-hydroxylation sites is 2. The van der Waals surface area contributed by atoms with Gasteiger partial charge in [-0.3, -0.25) is 14.2 Å². The van der Waals surface area contributed by atoms with Crippen molar-refractivity contribution < 1.29 is 14.3 Å². The Labute approximate surface area is 145 Å². The van der Waals surface area contributed by atoms with Gasteiger partial charge in [0.05, 0.1) is 6.33 Å². The van der Waals surface area contributed by atoms with Crippen molar-refractivity contribution >= 4 is 5.91 Å². The summed E-state index contributed by atoms with van der Waals surface area (Å²) in [5.41, 5.74) is 0.631. The number of aromatic nitrogens is 2. The second kappa shape index (κ2) is 7.38. The van der Waals surface area contributed by atoms with Crippen LogP contribution in [0.5, 0.6) is 11.5 Å². The zero-order valence-corrected chi connectivity index (χ0v) is 14.3. The maximum atomic E-state index is 12.4. The normalized spacial score (nSPS) is 18.6. The van der Waals surface area contributed by atoms with Gasteiger partial charge in [-0.2, -0.15) is 0 Å². The minimum Gasteiger partial charge on any atom is -0.482 e. The molecule has 2 unspecified atom stereocenters. The molecule has 1 aromatic carbocycles. The number of nitrogens with one attached hydrogen (secondary N) is 1. The highest BCUT2D eigenvalue weighted by Crippen LogP contribution is 2.33. The second-order valence-electron chi connectivity index (χ2n) is 5.86. The molecule has 1 aliphatic rings. The van der Waals surface area contributed by atoms with E-state index in [9.17, 15) is 9.59 Å². The number of benzene rings is 1. The highest BCUT2D eigenvalue weighted by atomic mass is 16.6. The van der Waals surface area contributed by atoms with Crippen LogP contribution in [-0.4, -0.2) is 34.2 Å². The number of amides is 1. The smallest absolute Gasteiger partial charge is 0.265 e. The van der Waals surface area contributed by atoms with E-state index in [1.807, 2.05) is 19.1 Å². The minimum atomic E-state index is -0.729. The van der Waals surface area contributed by atoms with Crippen LogP contribution in [0, 0.1) is 0 Å². The number of fused-ring (bicyclic) bond motifs is 1. The van der Waals surface area contributed by atoms with E-state index in [1.165, 1.54) is 17.0 Å². The van der Waals surface area contributed by atoms with Crippen LogP contribution in [0.4, 0.5) is 0 Å². The molecule has 2 atom stereocenters. The predicted octanol–water partition coefficient (Wildman–Crippen LogP) is 1.15. The van der Waals surface area contributed by atoms with E-state index >= 15 is 0 Å². The first-order valence-electron chi connectivity index (χ1n) is 8.34. The van der Waals surface area contributed by atoms with Crippen molar-refractivity contribution in [3.05, 3.63) is 52.7 Å². The quantitative estimate of drug-likeness (QED) is 0.881. The summed E-state index contributed by atoms with van der Waals surface area (Å²) in [6, 6.07) is 8.76. The fourth-order valence-corrected chi connectivity index (χ4v) is 2.63. The summed E-state index contributed by atoms with van der Waals surface area (Å²) in [7, 11) is 0. The Hall–Kier alpha value is -2.83. The van der Waals surface area contributed by atoms with E-state index in [0.29, 0.717) is 31.0 Å². The molecule has 7 nitrogen and oxygen atoms in total. The first-order chi connectivity index (χ1) is 12.1. The average Bonchev–Trinajstić information content (AvgIpc) is 2.62. The van der Waals surface area contributed by atoms with Gasteiger partial charge in [0.2, 0.25) is 6.10 Å². The van der Waals surface area contributed by atoms with Gasteiger partial charge < -0.3 is 14.8 Å². The zero-order valence-electron chi connectivity index (χ0n) is 14.3. The molecule has 0 saturated carbocycles. The summed E-state index contributed by atoms with van der Waals surface area (Å²) >= 11 is 0. The molecule has 132 valence electrons. The van der Waals surface area contributed by atoms with Gasteiger partial charge in [0.1, 0.15) is 6.10 Å². The first-order valence-corrected chi connectivity index (χ1v) is 8.34. The Balaban J connectivity index is 1.57. The molecule has 2 aromatic rings. The maximum absolute atomic E-state index is 12.4. The van der Waals surface area contributed by atoms with Crippen LogP contribution < -0.4 is 20.3 Å². The lowest BCUT2D eigenvalue weighted by atomic mass is 10.1. The third-order valence-corrected chi connectivity index (χ3v) is 4.05. The van der Waals surface area contributed by atoms with Crippen molar-refractivity contribution in [2.24, 2.45) is 0 Å². The van der Waals surface area contributed by atoms with Crippen molar-refractivity contribution in [2.75, 3.05) is 6.54 Å². The molecule has 1 N–H and O–H groups in total. The fourth-order valence-electron chi connectivity index (χ4n) is 2.63. The molecule has 3 rings (SSSR count). The first kappa shape index (κ1) is 17.0. The molecule has 1 amide bonds. The molecule has 25 heavy (non-hydrogen) atoms. The van der Waals surface area contributed by atoms with Crippen LogP contribution in [0.15, 0.2) is 41.5 Å². The van der Waals surface area contributed by atoms with E-state index < -0.39 is 12.2 Å². The van der Waals surface area contributed by atoms with Crippen LogP contribution in [0.25, 0.3) is 0 Å². The van der Waals surface area contributed by atoms with Gasteiger partial charge in [0, 0.05) is 24.8 Å². The van der Waals surface area contributed by atoms with E-state index in [1.54, 1.807) is 19.1 Å². The number of hydrogen-bond acceptors (Lipinski definition) is 5. The van der Waals surface area contributed by atoms with Crippen molar-refractivity contribution in [2.45, 2.75) is 39.0 Å². The van der Waals surface area contributed by atoms with Crippen molar-refractivity contribution in [1.29, 1.82) is 0 Å². The molecule has 0 spiro atoms. The molecular weight excluding hydrogens is 322 g/mol. The molecular formula is C18H21N3O4. The highest BCUT2D eigenvalue weighted by molar-refractivity contribution is 5.82. The largest absolute Gasteiger partial charge is 0.482 e. The molecule has 0 saturated heterocycles. The van der Waals surface area contributed by atoms with Crippen LogP contribution >= 0.6 is 0 Å². The van der Waals surface area contributed by atoms with Crippen LogP contribution in [-0.2, 0) is 17.8 Å². The van der Waals surface area contributed by atoms with E-state index in [-0.39, 0.29) is 11.5 Å². The number of ether oxygens (including phenoxy) is 2. The minimum absolute atomic E-state index is 0.124. The van der Waals surface area contributed by atoms with Gasteiger partial charge in [0.15, 0.2) is 11.5 Å². The third kappa shape index (κ3) is 3.81. The van der Waals surface area contributed by atoms with Gasteiger partial charge in [-0.1, -0.05) is 19.1 Å². The lowest BCUT2D eigenvalue weighted by molar-refractivity contribution is -0.133. The Kier molecular flexibility index (Phi) is 5.02. The van der Waals surface area contributed by atoms with Crippen LogP contribution in [0.3, 0.4) is 0 Å². The molecule has 0 bridgehead atoms. The molecule has 0 aliphatic carbocycles. The Morgan fingerprint density at radius 1 is 1.28 bits per heavy atom. The average molecular weight is 343 g/mol. The molecule has 0 fully saturated rings. The van der Waals surface area contributed by atoms with Crippen molar-refractivity contribution in [3.8, 4) is 11.5 Å². The van der Waals surface area contributed by atoms with Crippen molar-refractivity contribution in [1.82, 2.24) is 14.9 Å². The molecule has 1 aliphatic heterocycles. The number of hydrogen-bond donors (Lipinski definition) is 1. The highest BCUT2D eigenvalue weighted by Gasteiger charge is 2.33. The standard InChI is InChI=1S/C18H21N3O4/c1-3-13-10-16(22)21(11-20-13)9-8-19-18(23)17-12(2)24-14-6-4-5-7-15(14)25-17/h4-7,10-12,17H,3,8-9H2,1-2H3,(H,19,23). The SMILES string of the molecule is CCc1cc(=O)n(CCNC(=O)C2Oc3ccccc3OC2C)cn1. The zero-order chi connectivity index (χ0) is 17.8. The summed E-state index contributed by atoms with van der Waals surface area (Å²) in [4.78, 5) is 28.5. The Bertz CT molecular complexity index is 818. The van der Waals surface area contributed by atoms with Gasteiger partial charge in [-0.15, -0.1) is 0 Å². The van der Waals surface area contributed by atoms with Crippen molar-refractivity contribution in [3.63, 3.8) is 0 Å².